The molecule has 3 aromatic rings. The monoisotopic (exact) mass is 320 g/mol. The molecule has 2 atom stereocenters. The molecular formula is C20H20N2O2. The largest absolute Gasteiger partial charge is 0.388 e. The van der Waals surface area contributed by atoms with Crippen molar-refractivity contribution in [2.24, 2.45) is 0 Å². The van der Waals surface area contributed by atoms with Crippen molar-refractivity contribution in [1.29, 1.82) is 0 Å². The number of rotatable bonds is 5. The summed E-state index contributed by atoms with van der Waals surface area (Å²) in [5.41, 5.74) is 1.26. The minimum Gasteiger partial charge on any atom is -0.388 e. The molecule has 2 unspecified atom stereocenters. The van der Waals surface area contributed by atoms with Gasteiger partial charge in [0.15, 0.2) is 0 Å². The molecule has 0 bridgehead atoms. The lowest BCUT2D eigenvalue weighted by Crippen LogP contribution is -2.34. The van der Waals surface area contributed by atoms with Crippen LogP contribution in [0.15, 0.2) is 66.9 Å². The minimum atomic E-state index is -0.609. The van der Waals surface area contributed by atoms with E-state index in [0.717, 1.165) is 16.3 Å². The smallest absolute Gasteiger partial charge is 0.270 e. The van der Waals surface area contributed by atoms with Gasteiger partial charge in [-0.05, 0) is 30.4 Å². The highest BCUT2D eigenvalue weighted by atomic mass is 16.3. The first kappa shape index (κ1) is 16.1. The van der Waals surface area contributed by atoms with Crippen LogP contribution in [0.2, 0.25) is 0 Å². The van der Waals surface area contributed by atoms with Crippen LogP contribution in [0.1, 0.15) is 35.5 Å². The Balaban J connectivity index is 1.70. The average molecular weight is 320 g/mol. The van der Waals surface area contributed by atoms with Gasteiger partial charge in [-0.1, -0.05) is 54.6 Å². The normalized spacial score (nSPS) is 13.4. The van der Waals surface area contributed by atoms with E-state index in [-0.39, 0.29) is 11.9 Å². The summed E-state index contributed by atoms with van der Waals surface area (Å²) in [6, 6.07) is 18.8. The van der Waals surface area contributed by atoms with E-state index in [9.17, 15) is 9.90 Å². The second-order valence-corrected chi connectivity index (χ2v) is 5.92. The molecular weight excluding hydrogens is 300 g/mol. The Morgan fingerprint density at radius 2 is 1.79 bits per heavy atom. The van der Waals surface area contributed by atoms with Crippen molar-refractivity contribution in [3.05, 3.63) is 78.1 Å². The van der Waals surface area contributed by atoms with Crippen LogP contribution in [0.4, 0.5) is 0 Å². The van der Waals surface area contributed by atoms with Crippen molar-refractivity contribution in [3.8, 4) is 0 Å². The van der Waals surface area contributed by atoms with Gasteiger partial charge in [-0.15, -0.1) is 0 Å². The predicted octanol–water partition coefficient (Wildman–Crippen LogP) is 3.48. The lowest BCUT2D eigenvalue weighted by Gasteiger charge is -2.18. The zero-order valence-electron chi connectivity index (χ0n) is 13.5. The molecule has 0 radical (unpaired) electrons. The minimum absolute atomic E-state index is 0.173. The second kappa shape index (κ2) is 7.23. The Morgan fingerprint density at radius 1 is 1.08 bits per heavy atom. The Labute approximate surface area is 141 Å². The van der Waals surface area contributed by atoms with Crippen molar-refractivity contribution in [2.45, 2.75) is 25.5 Å². The van der Waals surface area contributed by atoms with Crippen molar-refractivity contribution in [2.75, 3.05) is 0 Å². The van der Waals surface area contributed by atoms with Crippen LogP contribution >= 0.6 is 0 Å². The summed E-state index contributed by atoms with van der Waals surface area (Å²) in [5.74, 6) is -0.223. The third kappa shape index (κ3) is 3.60. The number of fused-ring (bicyclic) bond motifs is 1. The Hall–Kier alpha value is -2.72. The number of aromatic nitrogens is 1. The Kier molecular flexibility index (Phi) is 4.87. The van der Waals surface area contributed by atoms with Crippen molar-refractivity contribution in [3.63, 3.8) is 0 Å². The van der Waals surface area contributed by atoms with Gasteiger partial charge in [-0.2, -0.15) is 0 Å². The highest BCUT2D eigenvalue weighted by Crippen LogP contribution is 2.19. The van der Waals surface area contributed by atoms with Crippen LogP contribution in [0.25, 0.3) is 10.8 Å². The lowest BCUT2D eigenvalue weighted by atomic mass is 10.0. The first-order chi connectivity index (χ1) is 11.6. The van der Waals surface area contributed by atoms with Gasteiger partial charge in [0, 0.05) is 17.6 Å². The van der Waals surface area contributed by atoms with Gasteiger partial charge in [-0.3, -0.25) is 9.78 Å². The number of aliphatic hydroxyl groups excluding tert-OH is 1. The maximum Gasteiger partial charge on any atom is 0.270 e. The number of hydrogen-bond acceptors (Lipinski definition) is 3. The number of amides is 1. The Morgan fingerprint density at radius 3 is 2.58 bits per heavy atom. The molecule has 24 heavy (non-hydrogen) atoms. The van der Waals surface area contributed by atoms with E-state index < -0.39 is 6.10 Å². The van der Waals surface area contributed by atoms with Crippen LogP contribution in [-0.4, -0.2) is 22.0 Å². The second-order valence-electron chi connectivity index (χ2n) is 5.92. The van der Waals surface area contributed by atoms with Crippen LogP contribution in [-0.2, 0) is 0 Å². The zero-order chi connectivity index (χ0) is 16.9. The number of carbonyl (C=O) groups excluding carboxylic acids is 1. The topological polar surface area (TPSA) is 62.2 Å². The maximum absolute atomic E-state index is 12.5. The van der Waals surface area contributed by atoms with E-state index in [2.05, 4.69) is 10.3 Å². The summed E-state index contributed by atoms with van der Waals surface area (Å²) >= 11 is 0. The number of benzene rings is 2. The molecule has 0 spiro atoms. The third-order valence-electron chi connectivity index (χ3n) is 4.03. The van der Waals surface area contributed by atoms with Crippen molar-refractivity contribution >= 4 is 16.7 Å². The van der Waals surface area contributed by atoms with Gasteiger partial charge >= 0.3 is 0 Å². The fourth-order valence-corrected chi connectivity index (χ4v) is 2.80. The quantitative estimate of drug-likeness (QED) is 0.756. The van der Waals surface area contributed by atoms with E-state index in [4.69, 9.17) is 0 Å². The molecule has 0 aliphatic heterocycles. The van der Waals surface area contributed by atoms with Gasteiger partial charge in [0.05, 0.1) is 6.10 Å². The molecule has 3 rings (SSSR count). The number of nitrogens with zero attached hydrogens (tertiary/aromatic N) is 1. The Bertz CT molecular complexity index is 828. The van der Waals surface area contributed by atoms with Gasteiger partial charge < -0.3 is 10.4 Å². The van der Waals surface area contributed by atoms with Crippen LogP contribution < -0.4 is 5.32 Å². The molecule has 4 nitrogen and oxygen atoms in total. The van der Waals surface area contributed by atoms with E-state index in [0.29, 0.717) is 12.1 Å². The van der Waals surface area contributed by atoms with Gasteiger partial charge in [0.2, 0.25) is 0 Å². The molecule has 2 aromatic carbocycles. The van der Waals surface area contributed by atoms with Gasteiger partial charge in [0.1, 0.15) is 5.69 Å². The molecule has 0 fully saturated rings. The number of nitrogens with one attached hydrogen (secondary N) is 1. The summed E-state index contributed by atoms with van der Waals surface area (Å²) in [5, 5.41) is 15.0. The molecule has 0 aliphatic rings. The molecule has 122 valence electrons. The molecule has 0 saturated heterocycles. The summed E-state index contributed by atoms with van der Waals surface area (Å²) in [6.07, 6.45) is 1.48. The highest BCUT2D eigenvalue weighted by Gasteiger charge is 2.17. The summed E-state index contributed by atoms with van der Waals surface area (Å²) in [6.45, 7) is 1.88. The average Bonchev–Trinajstić information content (AvgIpc) is 2.61. The molecule has 4 heteroatoms. The summed E-state index contributed by atoms with van der Waals surface area (Å²) in [4.78, 5) is 16.8. The van der Waals surface area contributed by atoms with Gasteiger partial charge in [-0.25, -0.2) is 0 Å². The first-order valence-corrected chi connectivity index (χ1v) is 8.03. The van der Waals surface area contributed by atoms with Crippen molar-refractivity contribution in [1.82, 2.24) is 10.3 Å². The van der Waals surface area contributed by atoms with Crippen LogP contribution in [0, 0.1) is 0 Å². The molecule has 0 aliphatic carbocycles. The maximum atomic E-state index is 12.5. The van der Waals surface area contributed by atoms with E-state index >= 15 is 0 Å². The highest BCUT2D eigenvalue weighted by molar-refractivity contribution is 6.05. The van der Waals surface area contributed by atoms with Gasteiger partial charge in [0.25, 0.3) is 5.91 Å². The van der Waals surface area contributed by atoms with Crippen molar-refractivity contribution < 1.29 is 9.90 Å². The molecule has 0 saturated carbocycles. The number of pyridine rings is 1. The standard InChI is InChI=1S/C20H20N2O2/c1-14(13-18(23)16-8-3-2-4-9-16)22-20(24)19-17-10-6-5-7-15(17)11-12-21-19/h2-12,14,18,23H,13H2,1H3,(H,22,24). The predicted molar refractivity (Wildman–Crippen MR) is 94.7 cm³/mol. The number of carbonyl (C=O) groups is 1. The molecule has 2 N–H and O–H groups in total. The third-order valence-corrected chi connectivity index (χ3v) is 4.03. The first-order valence-electron chi connectivity index (χ1n) is 8.03. The molecule has 1 heterocycles. The van der Waals surface area contributed by atoms with Crippen LogP contribution in [0.3, 0.4) is 0 Å². The van der Waals surface area contributed by atoms with E-state index in [1.165, 1.54) is 0 Å². The van der Waals surface area contributed by atoms with E-state index in [1.807, 2.05) is 67.6 Å². The fraction of sp³-hybridized carbons (Fsp3) is 0.200. The molecule has 1 aromatic heterocycles. The zero-order valence-corrected chi connectivity index (χ0v) is 13.5. The van der Waals surface area contributed by atoms with Crippen LogP contribution in [0.5, 0.6) is 0 Å². The SMILES string of the molecule is CC(CC(O)c1ccccc1)NC(=O)c1nccc2ccccc12. The number of hydrogen-bond donors (Lipinski definition) is 2. The summed E-state index contributed by atoms with van der Waals surface area (Å²) < 4.78 is 0. The summed E-state index contributed by atoms with van der Waals surface area (Å²) in [7, 11) is 0. The lowest BCUT2D eigenvalue weighted by molar-refractivity contribution is 0.0914. The molecule has 1 amide bonds. The fourth-order valence-electron chi connectivity index (χ4n) is 2.80. The van der Waals surface area contributed by atoms with E-state index in [1.54, 1.807) is 6.20 Å². The number of aliphatic hydroxyl groups is 1.